The first-order chi connectivity index (χ1) is 12.9. The second kappa shape index (κ2) is 8.65. The first-order valence-corrected chi connectivity index (χ1v) is 10.3. The van der Waals surface area contributed by atoms with Crippen LogP contribution in [0.1, 0.15) is 40.0 Å². The van der Waals surface area contributed by atoms with E-state index in [1.54, 1.807) is 0 Å². The van der Waals surface area contributed by atoms with Gasteiger partial charge in [0.1, 0.15) is 6.10 Å². The zero-order chi connectivity index (χ0) is 19.4. The zero-order valence-electron chi connectivity index (χ0n) is 16.0. The molecule has 1 fully saturated rings. The van der Waals surface area contributed by atoms with Crippen LogP contribution in [0.15, 0.2) is 35.7 Å². The molecular weight excluding hydrogens is 360 g/mol. The Labute approximate surface area is 164 Å². The lowest BCUT2D eigenvalue weighted by atomic mass is 9.75. The van der Waals surface area contributed by atoms with E-state index < -0.39 is 11.9 Å². The van der Waals surface area contributed by atoms with Crippen LogP contribution in [0.25, 0.3) is 11.3 Å². The minimum Gasteiger partial charge on any atom is -0.455 e. The number of benzene rings is 1. The third-order valence-corrected chi connectivity index (χ3v) is 5.96. The second-order valence-electron chi connectivity index (χ2n) is 7.63. The molecule has 1 aromatic carbocycles. The molecular formula is C21H26N2O3S. The van der Waals surface area contributed by atoms with E-state index in [9.17, 15) is 9.59 Å². The first kappa shape index (κ1) is 19.5. The van der Waals surface area contributed by atoms with E-state index in [0.29, 0.717) is 22.9 Å². The van der Waals surface area contributed by atoms with Crippen molar-refractivity contribution in [3.05, 3.63) is 35.7 Å². The summed E-state index contributed by atoms with van der Waals surface area (Å²) in [5.74, 6) is -0.345. The minimum absolute atomic E-state index is 0.192. The quantitative estimate of drug-likeness (QED) is 0.608. The van der Waals surface area contributed by atoms with Crippen molar-refractivity contribution in [1.29, 1.82) is 0 Å². The van der Waals surface area contributed by atoms with Gasteiger partial charge < -0.3 is 4.74 Å². The number of hydrogen-bond acceptors (Lipinski definition) is 5. The molecule has 5 nitrogen and oxygen atoms in total. The van der Waals surface area contributed by atoms with Crippen molar-refractivity contribution >= 4 is 28.3 Å². The average Bonchev–Trinajstić information content (AvgIpc) is 3.10. The Morgan fingerprint density at radius 2 is 1.96 bits per heavy atom. The van der Waals surface area contributed by atoms with Gasteiger partial charge in [-0.05, 0) is 30.6 Å². The molecule has 0 spiro atoms. The van der Waals surface area contributed by atoms with Crippen LogP contribution in [0.3, 0.4) is 0 Å². The van der Waals surface area contributed by atoms with E-state index in [1.807, 2.05) is 35.7 Å². The van der Waals surface area contributed by atoms with Crippen LogP contribution in [0.5, 0.6) is 0 Å². The van der Waals surface area contributed by atoms with Crippen molar-refractivity contribution in [3.8, 4) is 11.3 Å². The molecule has 1 aromatic heterocycles. The van der Waals surface area contributed by atoms with E-state index in [2.05, 4.69) is 31.1 Å². The SMILES string of the molecule is CC1CCC(C(C)C)C(OC(=O)C(=O)Nc2nc(-c3ccccc3)cs2)C1. The highest BCUT2D eigenvalue weighted by Crippen LogP contribution is 2.35. The molecule has 0 bridgehead atoms. The monoisotopic (exact) mass is 386 g/mol. The van der Waals surface area contributed by atoms with Gasteiger partial charge in [-0.2, -0.15) is 0 Å². The molecule has 0 saturated heterocycles. The van der Waals surface area contributed by atoms with Gasteiger partial charge in [0.25, 0.3) is 0 Å². The first-order valence-electron chi connectivity index (χ1n) is 9.47. The number of esters is 1. The highest BCUT2D eigenvalue weighted by Gasteiger charge is 2.34. The van der Waals surface area contributed by atoms with Crippen molar-refractivity contribution in [2.24, 2.45) is 17.8 Å². The van der Waals surface area contributed by atoms with Crippen LogP contribution in [-0.2, 0) is 14.3 Å². The van der Waals surface area contributed by atoms with Crippen LogP contribution < -0.4 is 5.32 Å². The molecule has 1 saturated carbocycles. The maximum Gasteiger partial charge on any atom is 0.397 e. The Kier molecular flexibility index (Phi) is 6.26. The molecule has 3 rings (SSSR count). The molecule has 1 amide bonds. The van der Waals surface area contributed by atoms with Gasteiger partial charge in [-0.25, -0.2) is 9.78 Å². The molecule has 3 atom stereocenters. The average molecular weight is 387 g/mol. The number of nitrogens with zero attached hydrogens (tertiary/aromatic N) is 1. The number of thiazole rings is 1. The predicted molar refractivity (Wildman–Crippen MR) is 107 cm³/mol. The molecule has 0 aliphatic heterocycles. The molecule has 2 aromatic rings. The van der Waals surface area contributed by atoms with Crippen LogP contribution in [0.4, 0.5) is 5.13 Å². The van der Waals surface area contributed by atoms with Gasteiger partial charge in [-0.15, -0.1) is 11.3 Å². The van der Waals surface area contributed by atoms with Gasteiger partial charge >= 0.3 is 11.9 Å². The molecule has 0 radical (unpaired) electrons. The molecule has 144 valence electrons. The van der Waals surface area contributed by atoms with Gasteiger partial charge in [-0.3, -0.25) is 10.1 Å². The number of amides is 1. The zero-order valence-corrected chi connectivity index (χ0v) is 16.8. The molecule has 1 N–H and O–H groups in total. The fourth-order valence-corrected chi connectivity index (χ4v) is 4.38. The van der Waals surface area contributed by atoms with Gasteiger partial charge in [0, 0.05) is 10.9 Å². The maximum atomic E-state index is 12.3. The lowest BCUT2D eigenvalue weighted by molar-refractivity contribution is -0.162. The number of carbonyl (C=O) groups excluding carboxylic acids is 2. The summed E-state index contributed by atoms with van der Waals surface area (Å²) in [5.41, 5.74) is 1.73. The van der Waals surface area contributed by atoms with Crippen LogP contribution >= 0.6 is 11.3 Å². The number of ether oxygens (including phenoxy) is 1. The Balaban J connectivity index is 1.61. The fraction of sp³-hybridized carbons (Fsp3) is 0.476. The van der Waals surface area contributed by atoms with Crippen molar-refractivity contribution in [2.45, 2.75) is 46.1 Å². The summed E-state index contributed by atoms with van der Waals surface area (Å²) in [6.07, 6.45) is 2.80. The van der Waals surface area contributed by atoms with E-state index in [1.165, 1.54) is 11.3 Å². The van der Waals surface area contributed by atoms with E-state index in [0.717, 1.165) is 30.5 Å². The Bertz CT molecular complexity index is 788. The van der Waals surface area contributed by atoms with E-state index in [-0.39, 0.29) is 6.10 Å². The third kappa shape index (κ3) is 4.95. The molecule has 1 aliphatic rings. The largest absolute Gasteiger partial charge is 0.455 e. The Morgan fingerprint density at radius 3 is 2.67 bits per heavy atom. The standard InChI is InChI=1S/C21H26N2O3S/c1-13(2)16-10-9-14(3)11-18(16)26-20(25)19(24)23-21-22-17(12-27-21)15-7-5-4-6-8-15/h4-8,12-14,16,18H,9-11H2,1-3H3,(H,22,23,24). The summed E-state index contributed by atoms with van der Waals surface area (Å²) in [5, 5.41) is 4.82. The van der Waals surface area contributed by atoms with E-state index in [4.69, 9.17) is 4.74 Å². The lowest BCUT2D eigenvalue weighted by Gasteiger charge is -2.36. The number of hydrogen-bond donors (Lipinski definition) is 1. The molecule has 3 unspecified atom stereocenters. The maximum absolute atomic E-state index is 12.3. The van der Waals surface area contributed by atoms with Gasteiger partial charge in [0.05, 0.1) is 5.69 Å². The number of nitrogens with one attached hydrogen (secondary N) is 1. The van der Waals surface area contributed by atoms with Gasteiger partial charge in [-0.1, -0.05) is 57.5 Å². The molecule has 27 heavy (non-hydrogen) atoms. The van der Waals surface area contributed by atoms with Crippen LogP contribution in [-0.4, -0.2) is 23.0 Å². The van der Waals surface area contributed by atoms with Gasteiger partial charge in [0.2, 0.25) is 0 Å². The summed E-state index contributed by atoms with van der Waals surface area (Å²) >= 11 is 1.29. The van der Waals surface area contributed by atoms with Gasteiger partial charge in [0.15, 0.2) is 5.13 Å². The smallest absolute Gasteiger partial charge is 0.397 e. The number of rotatable bonds is 4. The minimum atomic E-state index is -0.823. The summed E-state index contributed by atoms with van der Waals surface area (Å²) < 4.78 is 5.59. The Morgan fingerprint density at radius 1 is 1.22 bits per heavy atom. The molecule has 6 heteroatoms. The van der Waals surface area contributed by atoms with Crippen molar-refractivity contribution in [3.63, 3.8) is 0 Å². The third-order valence-electron chi connectivity index (χ3n) is 5.20. The highest BCUT2D eigenvalue weighted by atomic mass is 32.1. The lowest BCUT2D eigenvalue weighted by Crippen LogP contribution is -2.38. The summed E-state index contributed by atoms with van der Waals surface area (Å²) in [4.78, 5) is 29.0. The molecule has 1 aliphatic carbocycles. The van der Waals surface area contributed by atoms with Crippen LogP contribution in [0, 0.1) is 17.8 Å². The predicted octanol–water partition coefficient (Wildman–Crippen LogP) is 4.75. The van der Waals surface area contributed by atoms with Crippen molar-refractivity contribution in [1.82, 2.24) is 4.98 Å². The second-order valence-corrected chi connectivity index (χ2v) is 8.49. The summed E-state index contributed by atoms with van der Waals surface area (Å²) in [6, 6.07) is 9.70. The Hall–Kier alpha value is -2.21. The normalized spacial score (nSPS) is 22.4. The summed E-state index contributed by atoms with van der Waals surface area (Å²) in [6.45, 7) is 6.45. The summed E-state index contributed by atoms with van der Waals surface area (Å²) in [7, 11) is 0. The van der Waals surface area contributed by atoms with E-state index >= 15 is 0 Å². The fourth-order valence-electron chi connectivity index (χ4n) is 3.66. The van der Waals surface area contributed by atoms with Crippen molar-refractivity contribution < 1.29 is 14.3 Å². The number of aromatic nitrogens is 1. The number of anilines is 1. The van der Waals surface area contributed by atoms with Crippen LogP contribution in [0.2, 0.25) is 0 Å². The molecule has 1 heterocycles. The topological polar surface area (TPSA) is 68.3 Å². The highest BCUT2D eigenvalue weighted by molar-refractivity contribution is 7.14. The van der Waals surface area contributed by atoms with Crippen molar-refractivity contribution in [2.75, 3.05) is 5.32 Å². The number of carbonyl (C=O) groups is 2.